The Bertz CT molecular complexity index is 1530. The number of nitrogens with one attached hydrogen (secondary N) is 3. The molecule has 1 heterocycles. The van der Waals surface area contributed by atoms with Crippen LogP contribution in [0.1, 0.15) is 24.5 Å². The van der Waals surface area contributed by atoms with Crippen molar-refractivity contribution in [1.29, 1.82) is 0 Å². The quantitative estimate of drug-likeness (QED) is 0.282. The van der Waals surface area contributed by atoms with Gasteiger partial charge in [0.15, 0.2) is 9.84 Å². The predicted octanol–water partition coefficient (Wildman–Crippen LogP) is 2.70. The molecule has 10 nitrogen and oxygen atoms in total. The van der Waals surface area contributed by atoms with Crippen molar-refractivity contribution in [2.45, 2.75) is 42.3 Å². The number of carbonyl (C=O) groups excluding carboxylic acids is 1. The summed E-state index contributed by atoms with van der Waals surface area (Å²) in [6, 6.07) is 18.0. The number of benzene rings is 3. The summed E-state index contributed by atoms with van der Waals surface area (Å²) in [6.07, 6.45) is 2.45. The van der Waals surface area contributed by atoms with E-state index in [1.165, 1.54) is 18.4 Å². The maximum atomic E-state index is 12.4. The van der Waals surface area contributed by atoms with Crippen LogP contribution in [0.2, 0.25) is 0 Å². The summed E-state index contributed by atoms with van der Waals surface area (Å²) < 4.78 is 51.0. The van der Waals surface area contributed by atoms with E-state index >= 15 is 0 Å². The van der Waals surface area contributed by atoms with E-state index in [0.717, 1.165) is 34.6 Å². The fraction of sp³-hybridized carbons (Fsp3) is 0.269. The number of nitrogens with zero attached hydrogens (tertiary/aromatic N) is 1. The van der Waals surface area contributed by atoms with Crippen molar-refractivity contribution >= 4 is 72.5 Å². The summed E-state index contributed by atoms with van der Waals surface area (Å²) in [7, 11) is -7.34. The summed E-state index contributed by atoms with van der Waals surface area (Å²) >= 11 is 0. The van der Waals surface area contributed by atoms with Crippen LogP contribution in [-0.4, -0.2) is 71.4 Å². The van der Waals surface area contributed by atoms with Gasteiger partial charge in [-0.1, -0.05) is 31.2 Å². The Hall–Kier alpha value is -2.61. The van der Waals surface area contributed by atoms with Gasteiger partial charge < -0.3 is 21.3 Å². The first-order valence-corrected chi connectivity index (χ1v) is 15.5. The number of sulfonamides is 1. The summed E-state index contributed by atoms with van der Waals surface area (Å²) in [6.45, 7) is 2.57. The van der Waals surface area contributed by atoms with Gasteiger partial charge in [0.2, 0.25) is 0 Å². The second-order valence-electron chi connectivity index (χ2n) is 9.02. The molecular formula is C26H31N5NaO5S2. The van der Waals surface area contributed by atoms with Crippen LogP contribution in [0.3, 0.4) is 0 Å². The van der Waals surface area contributed by atoms with E-state index < -0.39 is 25.9 Å². The van der Waals surface area contributed by atoms with Gasteiger partial charge >= 0.3 is 6.03 Å². The molecule has 4 rings (SSSR count). The topological polar surface area (TPSA) is 151 Å². The van der Waals surface area contributed by atoms with Gasteiger partial charge in [0.1, 0.15) is 6.17 Å². The van der Waals surface area contributed by atoms with Crippen LogP contribution in [0.15, 0.2) is 76.5 Å². The Labute approximate surface area is 251 Å². The van der Waals surface area contributed by atoms with Gasteiger partial charge in [-0.3, -0.25) is 0 Å². The molecule has 0 saturated heterocycles. The molecule has 1 radical (unpaired) electrons. The van der Waals surface area contributed by atoms with Crippen molar-refractivity contribution in [3.63, 3.8) is 0 Å². The summed E-state index contributed by atoms with van der Waals surface area (Å²) in [5, 5.41) is 6.00. The van der Waals surface area contributed by atoms with Crippen LogP contribution in [0.25, 0.3) is 0 Å². The van der Waals surface area contributed by atoms with Gasteiger partial charge in [-0.25, -0.2) is 26.4 Å². The van der Waals surface area contributed by atoms with Crippen molar-refractivity contribution in [1.82, 2.24) is 10.0 Å². The van der Waals surface area contributed by atoms with Crippen LogP contribution >= 0.6 is 0 Å². The Morgan fingerprint density at radius 1 is 0.949 bits per heavy atom. The van der Waals surface area contributed by atoms with E-state index in [1.54, 1.807) is 30.3 Å². The molecule has 1 atom stereocenters. The van der Waals surface area contributed by atoms with Crippen LogP contribution in [0, 0.1) is 0 Å². The zero-order chi connectivity index (χ0) is 27.5. The van der Waals surface area contributed by atoms with Crippen LogP contribution in [-0.2, 0) is 32.8 Å². The molecule has 2 amide bonds. The summed E-state index contributed by atoms with van der Waals surface area (Å²) in [5.74, 6) is 0. The minimum atomic E-state index is -3.99. The standard InChI is InChI=1S/C26H31N5O5S2.Na/c1-3-25-29-23-13-12-22(37(2,33)34)16-24(23)31(25)20-8-4-18(5-9-20)14-15-28-26(32)30-38(35,36)21-10-6-19(17-27)7-11-21;/h4-13,16,25,29H,3,14-15,17,27H2,1-2H3,(H2,28,30,32);. The van der Waals surface area contributed by atoms with Gasteiger partial charge in [0.05, 0.1) is 21.2 Å². The average molecular weight is 581 g/mol. The third-order valence-electron chi connectivity index (χ3n) is 6.29. The number of carbonyl (C=O) groups is 1. The van der Waals surface area contributed by atoms with Gasteiger partial charge in [0, 0.05) is 54.6 Å². The Morgan fingerprint density at radius 3 is 2.15 bits per heavy atom. The van der Waals surface area contributed by atoms with Crippen molar-refractivity contribution in [3.8, 4) is 0 Å². The van der Waals surface area contributed by atoms with Crippen LogP contribution in [0.4, 0.5) is 21.9 Å². The molecule has 5 N–H and O–H groups in total. The van der Waals surface area contributed by atoms with E-state index in [4.69, 9.17) is 5.73 Å². The van der Waals surface area contributed by atoms with Crippen molar-refractivity contribution < 1.29 is 21.6 Å². The number of rotatable bonds is 9. The molecule has 0 spiro atoms. The molecular weight excluding hydrogens is 549 g/mol. The third kappa shape index (κ3) is 7.33. The maximum Gasteiger partial charge on any atom is 0.328 e. The molecule has 0 saturated carbocycles. The number of urea groups is 1. The molecule has 0 fully saturated rings. The normalized spacial score (nSPS) is 14.6. The molecule has 1 unspecified atom stereocenters. The summed E-state index contributed by atoms with van der Waals surface area (Å²) in [4.78, 5) is 14.5. The first kappa shape index (κ1) is 30.9. The molecule has 1 aliphatic rings. The fourth-order valence-corrected chi connectivity index (χ4v) is 5.81. The van der Waals surface area contributed by atoms with Gasteiger partial charge in [-0.15, -0.1) is 0 Å². The van der Waals surface area contributed by atoms with E-state index in [1.807, 2.05) is 29.0 Å². The molecule has 0 aliphatic carbocycles. The molecule has 39 heavy (non-hydrogen) atoms. The third-order valence-corrected chi connectivity index (χ3v) is 8.74. The van der Waals surface area contributed by atoms with Crippen molar-refractivity contribution in [3.05, 3.63) is 77.9 Å². The SMILES string of the molecule is CCC1Nc2ccc(S(C)(=O)=O)cc2N1c1ccc(CCNC(=O)NS(=O)(=O)c2ccc(CN)cc2)cc1.[Na]. The van der Waals surface area contributed by atoms with Crippen molar-refractivity contribution in [2.24, 2.45) is 5.73 Å². The Kier molecular flexibility index (Phi) is 10.1. The van der Waals surface area contributed by atoms with E-state index in [2.05, 4.69) is 22.5 Å². The zero-order valence-electron chi connectivity index (χ0n) is 22.1. The first-order valence-electron chi connectivity index (χ1n) is 12.1. The molecule has 1 aliphatic heterocycles. The zero-order valence-corrected chi connectivity index (χ0v) is 25.8. The number of hydrogen-bond acceptors (Lipinski definition) is 8. The second-order valence-corrected chi connectivity index (χ2v) is 12.7. The molecule has 3 aromatic rings. The van der Waals surface area contributed by atoms with Crippen molar-refractivity contribution in [2.75, 3.05) is 23.0 Å². The number of nitrogens with two attached hydrogens (primary N) is 1. The Morgan fingerprint density at radius 2 is 1.56 bits per heavy atom. The number of anilines is 3. The van der Waals surface area contributed by atoms with Gasteiger partial charge in [0.25, 0.3) is 10.0 Å². The van der Waals surface area contributed by atoms with Crippen LogP contribution in [0.5, 0.6) is 0 Å². The monoisotopic (exact) mass is 580 g/mol. The first-order chi connectivity index (χ1) is 18.0. The molecule has 3 aromatic carbocycles. The van der Waals surface area contributed by atoms with E-state index in [-0.39, 0.29) is 52.1 Å². The molecule has 0 aromatic heterocycles. The smallest absolute Gasteiger partial charge is 0.328 e. The fourth-order valence-electron chi connectivity index (χ4n) is 4.24. The second kappa shape index (κ2) is 12.7. The van der Waals surface area contributed by atoms with Gasteiger partial charge in [-0.2, -0.15) is 0 Å². The van der Waals surface area contributed by atoms with E-state index in [0.29, 0.717) is 13.0 Å². The van der Waals surface area contributed by atoms with E-state index in [9.17, 15) is 21.6 Å². The largest absolute Gasteiger partial charge is 0.363 e. The number of fused-ring (bicyclic) bond motifs is 1. The number of amides is 2. The van der Waals surface area contributed by atoms with Gasteiger partial charge in [-0.05, 0) is 66.4 Å². The minimum Gasteiger partial charge on any atom is -0.363 e. The van der Waals surface area contributed by atoms with Crippen LogP contribution < -0.4 is 26.0 Å². The number of sulfone groups is 1. The number of hydrogen-bond donors (Lipinski definition) is 4. The molecule has 13 heteroatoms. The molecule has 0 bridgehead atoms. The Balaban J connectivity index is 0.00000420. The predicted molar refractivity (Wildman–Crippen MR) is 153 cm³/mol. The summed E-state index contributed by atoms with van der Waals surface area (Å²) in [5.41, 5.74) is 9.82. The average Bonchev–Trinajstić information content (AvgIpc) is 3.26. The maximum absolute atomic E-state index is 12.4. The molecule has 203 valence electrons. The minimum absolute atomic E-state index is 0.